The van der Waals surface area contributed by atoms with E-state index in [9.17, 15) is 23.3 Å². The van der Waals surface area contributed by atoms with Crippen LogP contribution in [0.25, 0.3) is 11.1 Å². The van der Waals surface area contributed by atoms with Crippen molar-refractivity contribution >= 4 is 21.6 Å². The predicted octanol–water partition coefficient (Wildman–Crippen LogP) is 5.61. The number of aryl methyl sites for hydroxylation is 1. The van der Waals surface area contributed by atoms with Crippen molar-refractivity contribution in [3.05, 3.63) is 62.1 Å². The molecule has 0 aliphatic rings. The van der Waals surface area contributed by atoms with E-state index in [0.717, 1.165) is 17.7 Å². The third kappa shape index (κ3) is 3.30. The first-order chi connectivity index (χ1) is 10.2. The Balaban J connectivity index is 2.75. The van der Waals surface area contributed by atoms with Gasteiger partial charge in [-0.05, 0) is 29.7 Å². The fourth-order valence-corrected chi connectivity index (χ4v) is 2.57. The summed E-state index contributed by atoms with van der Waals surface area (Å²) in [7, 11) is 0. The molecular formula is C15H11BrF3NO2. The van der Waals surface area contributed by atoms with Crippen molar-refractivity contribution in [3.8, 4) is 11.1 Å². The summed E-state index contributed by atoms with van der Waals surface area (Å²) in [6.07, 6.45) is -3.97. The lowest BCUT2D eigenvalue weighted by Crippen LogP contribution is -2.08. The molecule has 2 aromatic rings. The quantitative estimate of drug-likeness (QED) is 0.518. The van der Waals surface area contributed by atoms with Crippen LogP contribution < -0.4 is 0 Å². The summed E-state index contributed by atoms with van der Waals surface area (Å²) in [5.41, 5.74) is -0.264. The molecule has 22 heavy (non-hydrogen) atoms. The average Bonchev–Trinajstić information content (AvgIpc) is 2.45. The predicted molar refractivity (Wildman–Crippen MR) is 80.6 cm³/mol. The van der Waals surface area contributed by atoms with Gasteiger partial charge in [-0.2, -0.15) is 13.2 Å². The highest BCUT2D eigenvalue weighted by atomic mass is 79.9. The molecule has 0 amide bonds. The van der Waals surface area contributed by atoms with Crippen LogP contribution in [0.5, 0.6) is 0 Å². The molecule has 0 bridgehead atoms. The number of nitrogens with zero attached hydrogens (tertiary/aromatic N) is 1. The summed E-state index contributed by atoms with van der Waals surface area (Å²) >= 11 is 3.17. The van der Waals surface area contributed by atoms with Crippen LogP contribution in [-0.4, -0.2) is 4.92 Å². The second-order valence-corrected chi connectivity index (χ2v) is 5.51. The first-order valence-corrected chi connectivity index (χ1v) is 7.17. The van der Waals surface area contributed by atoms with Gasteiger partial charge < -0.3 is 0 Å². The molecule has 3 nitrogen and oxygen atoms in total. The topological polar surface area (TPSA) is 43.1 Å². The van der Waals surface area contributed by atoms with E-state index in [2.05, 4.69) is 15.9 Å². The Kier molecular flexibility index (Phi) is 4.55. The third-order valence-corrected chi connectivity index (χ3v) is 3.94. The SMILES string of the molecule is CCc1ccc(C(F)(F)F)c(-c2cc([N+](=O)[O-])ccc2Br)c1. The molecule has 7 heteroatoms. The molecule has 0 radical (unpaired) electrons. The van der Waals surface area contributed by atoms with Gasteiger partial charge in [-0.1, -0.05) is 35.0 Å². The maximum Gasteiger partial charge on any atom is 0.417 e. The number of non-ortho nitro benzene ring substituents is 1. The van der Waals surface area contributed by atoms with E-state index in [-0.39, 0.29) is 16.8 Å². The zero-order valence-corrected chi connectivity index (χ0v) is 13.0. The molecular weight excluding hydrogens is 363 g/mol. The lowest BCUT2D eigenvalue weighted by Gasteiger charge is -2.15. The summed E-state index contributed by atoms with van der Waals surface area (Å²) in [6.45, 7) is 1.83. The highest BCUT2D eigenvalue weighted by molar-refractivity contribution is 9.10. The minimum atomic E-state index is -4.54. The van der Waals surface area contributed by atoms with Crippen molar-refractivity contribution in [2.24, 2.45) is 0 Å². The Bertz CT molecular complexity index is 729. The average molecular weight is 374 g/mol. The van der Waals surface area contributed by atoms with Gasteiger partial charge in [0, 0.05) is 22.2 Å². The monoisotopic (exact) mass is 373 g/mol. The van der Waals surface area contributed by atoms with Crippen LogP contribution in [0.3, 0.4) is 0 Å². The number of benzene rings is 2. The Hall–Kier alpha value is -1.89. The van der Waals surface area contributed by atoms with Crippen molar-refractivity contribution in [1.29, 1.82) is 0 Å². The van der Waals surface area contributed by atoms with Gasteiger partial charge in [0.15, 0.2) is 0 Å². The summed E-state index contributed by atoms with van der Waals surface area (Å²) in [5.74, 6) is 0. The van der Waals surface area contributed by atoms with E-state index in [1.54, 1.807) is 0 Å². The Morgan fingerprint density at radius 3 is 2.36 bits per heavy atom. The van der Waals surface area contributed by atoms with Crippen molar-refractivity contribution in [2.75, 3.05) is 0 Å². The fourth-order valence-electron chi connectivity index (χ4n) is 2.11. The minimum absolute atomic E-state index is 0.0672. The second kappa shape index (κ2) is 6.08. The summed E-state index contributed by atoms with van der Waals surface area (Å²) in [5, 5.41) is 10.9. The molecule has 0 heterocycles. The molecule has 0 aliphatic carbocycles. The highest BCUT2D eigenvalue weighted by Crippen LogP contribution is 2.41. The third-order valence-electron chi connectivity index (χ3n) is 3.25. The fraction of sp³-hybridized carbons (Fsp3) is 0.200. The minimum Gasteiger partial charge on any atom is -0.258 e. The summed E-state index contributed by atoms with van der Waals surface area (Å²) < 4.78 is 40.0. The Morgan fingerprint density at radius 2 is 1.82 bits per heavy atom. The molecule has 0 aromatic heterocycles. The summed E-state index contributed by atoms with van der Waals surface area (Å²) in [4.78, 5) is 10.2. The van der Waals surface area contributed by atoms with Crippen LogP contribution in [0.4, 0.5) is 18.9 Å². The van der Waals surface area contributed by atoms with Crippen LogP contribution in [-0.2, 0) is 12.6 Å². The number of alkyl halides is 3. The van der Waals surface area contributed by atoms with E-state index in [1.165, 1.54) is 24.3 Å². The van der Waals surface area contributed by atoms with E-state index < -0.39 is 16.7 Å². The zero-order chi connectivity index (χ0) is 16.5. The molecule has 0 fully saturated rings. The Labute approximate surface area is 133 Å². The normalized spacial score (nSPS) is 11.5. The number of hydrogen-bond acceptors (Lipinski definition) is 2. The highest BCUT2D eigenvalue weighted by Gasteiger charge is 2.34. The van der Waals surface area contributed by atoms with Gasteiger partial charge in [-0.3, -0.25) is 10.1 Å². The van der Waals surface area contributed by atoms with Gasteiger partial charge in [-0.25, -0.2) is 0 Å². The number of nitro groups is 1. The molecule has 0 N–H and O–H groups in total. The van der Waals surface area contributed by atoms with Gasteiger partial charge in [0.25, 0.3) is 5.69 Å². The van der Waals surface area contributed by atoms with Crippen molar-refractivity contribution in [2.45, 2.75) is 19.5 Å². The van der Waals surface area contributed by atoms with Crippen molar-refractivity contribution in [1.82, 2.24) is 0 Å². The van der Waals surface area contributed by atoms with Crippen LogP contribution in [0, 0.1) is 10.1 Å². The molecule has 2 aromatic carbocycles. The lowest BCUT2D eigenvalue weighted by atomic mass is 9.96. The molecule has 0 saturated carbocycles. The van der Waals surface area contributed by atoms with Gasteiger partial charge in [-0.15, -0.1) is 0 Å². The maximum absolute atomic E-state index is 13.2. The molecule has 0 saturated heterocycles. The lowest BCUT2D eigenvalue weighted by molar-refractivity contribution is -0.384. The summed E-state index contributed by atoms with van der Waals surface area (Å²) in [6, 6.07) is 7.62. The van der Waals surface area contributed by atoms with Crippen molar-refractivity contribution < 1.29 is 18.1 Å². The van der Waals surface area contributed by atoms with Crippen molar-refractivity contribution in [3.63, 3.8) is 0 Å². The van der Waals surface area contributed by atoms with Crippen LogP contribution in [0.2, 0.25) is 0 Å². The first-order valence-electron chi connectivity index (χ1n) is 6.38. The number of nitro benzene ring substituents is 1. The molecule has 0 atom stereocenters. The van der Waals surface area contributed by atoms with Gasteiger partial charge in [0.05, 0.1) is 10.5 Å². The van der Waals surface area contributed by atoms with Gasteiger partial charge >= 0.3 is 6.18 Å². The van der Waals surface area contributed by atoms with Crippen LogP contribution in [0.15, 0.2) is 40.9 Å². The standard InChI is InChI=1S/C15H11BrF3NO2/c1-2-9-3-5-13(15(17,18)19)11(7-9)12-8-10(20(21)22)4-6-14(12)16/h3-8H,2H2,1H3. The molecule has 0 aliphatic heterocycles. The maximum atomic E-state index is 13.2. The van der Waals surface area contributed by atoms with Crippen LogP contribution >= 0.6 is 15.9 Å². The molecule has 0 unspecified atom stereocenters. The van der Waals surface area contributed by atoms with E-state index in [1.807, 2.05) is 6.92 Å². The van der Waals surface area contributed by atoms with E-state index in [4.69, 9.17) is 0 Å². The number of rotatable bonds is 3. The zero-order valence-electron chi connectivity index (χ0n) is 11.4. The smallest absolute Gasteiger partial charge is 0.258 e. The van der Waals surface area contributed by atoms with E-state index in [0.29, 0.717) is 10.9 Å². The Morgan fingerprint density at radius 1 is 1.14 bits per heavy atom. The van der Waals surface area contributed by atoms with Gasteiger partial charge in [0.2, 0.25) is 0 Å². The van der Waals surface area contributed by atoms with Gasteiger partial charge in [0.1, 0.15) is 0 Å². The number of hydrogen-bond donors (Lipinski definition) is 0. The first kappa shape index (κ1) is 16.5. The second-order valence-electron chi connectivity index (χ2n) is 4.65. The largest absolute Gasteiger partial charge is 0.417 e. The molecule has 2 rings (SSSR count). The molecule has 0 spiro atoms. The van der Waals surface area contributed by atoms with Crippen LogP contribution in [0.1, 0.15) is 18.1 Å². The molecule has 116 valence electrons. The number of halogens is 4. The van der Waals surface area contributed by atoms with E-state index >= 15 is 0 Å².